The lowest BCUT2D eigenvalue weighted by atomic mass is 10.1. The Hall–Kier alpha value is -0.200. The van der Waals surface area contributed by atoms with Gasteiger partial charge in [-0.15, -0.1) is 0 Å². The summed E-state index contributed by atoms with van der Waals surface area (Å²) in [6.07, 6.45) is 2.06. The van der Waals surface area contributed by atoms with Crippen LogP contribution in [0.15, 0.2) is 0 Å². The lowest BCUT2D eigenvalue weighted by Crippen LogP contribution is -2.36. The molecule has 0 spiro atoms. The van der Waals surface area contributed by atoms with Crippen LogP contribution < -0.4 is 10.6 Å². The maximum Gasteiger partial charge on any atom is 0.0701 e. The first-order valence-electron chi connectivity index (χ1n) is 8.94. The van der Waals surface area contributed by atoms with Gasteiger partial charge in [-0.3, -0.25) is 0 Å². The summed E-state index contributed by atoms with van der Waals surface area (Å²) in [5.74, 6) is 0. The molecule has 23 heavy (non-hydrogen) atoms. The zero-order chi connectivity index (χ0) is 17.6. The van der Waals surface area contributed by atoms with Crippen molar-refractivity contribution in [2.75, 3.05) is 52.7 Å². The van der Waals surface area contributed by atoms with E-state index in [9.17, 15) is 0 Å². The molecule has 0 saturated heterocycles. The molecule has 0 aliphatic heterocycles. The highest BCUT2D eigenvalue weighted by molar-refractivity contribution is 4.70. The van der Waals surface area contributed by atoms with Gasteiger partial charge in [-0.25, -0.2) is 0 Å². The summed E-state index contributed by atoms with van der Waals surface area (Å²) < 4.78 is 16.5. The maximum absolute atomic E-state index is 5.53. The van der Waals surface area contributed by atoms with Crippen molar-refractivity contribution in [1.82, 2.24) is 10.6 Å². The summed E-state index contributed by atoms with van der Waals surface area (Å²) in [7, 11) is 0. The van der Waals surface area contributed by atoms with Crippen molar-refractivity contribution in [3.05, 3.63) is 0 Å². The minimum atomic E-state index is 0.186. The molecule has 0 amide bonds. The fourth-order valence-corrected chi connectivity index (χ4v) is 1.82. The average Bonchev–Trinajstić information content (AvgIpc) is 2.40. The van der Waals surface area contributed by atoms with Crippen molar-refractivity contribution < 1.29 is 14.2 Å². The quantitative estimate of drug-likeness (QED) is 0.479. The van der Waals surface area contributed by atoms with E-state index in [4.69, 9.17) is 14.2 Å². The van der Waals surface area contributed by atoms with Crippen molar-refractivity contribution in [1.29, 1.82) is 0 Å². The highest BCUT2D eigenvalue weighted by atomic mass is 16.5. The number of nitrogens with one attached hydrogen (secondary N) is 2. The molecule has 0 bridgehead atoms. The molecule has 0 saturated carbocycles. The number of ether oxygens (including phenoxy) is 3. The molecule has 0 radical (unpaired) electrons. The molecule has 2 N–H and O–H groups in total. The van der Waals surface area contributed by atoms with E-state index in [0.29, 0.717) is 26.4 Å². The van der Waals surface area contributed by atoms with E-state index in [1.165, 1.54) is 0 Å². The van der Waals surface area contributed by atoms with E-state index in [2.05, 4.69) is 52.2 Å². The van der Waals surface area contributed by atoms with Crippen LogP contribution in [0.25, 0.3) is 0 Å². The zero-order valence-electron chi connectivity index (χ0n) is 16.3. The Balaban J connectivity index is 3.08. The van der Waals surface area contributed by atoms with Gasteiger partial charge in [-0.1, -0.05) is 0 Å². The Labute approximate surface area is 143 Å². The van der Waals surface area contributed by atoms with Crippen molar-refractivity contribution in [2.45, 2.75) is 65.5 Å². The van der Waals surface area contributed by atoms with E-state index in [1.807, 2.05) is 0 Å². The summed E-state index contributed by atoms with van der Waals surface area (Å²) in [5, 5.41) is 6.87. The molecule has 5 nitrogen and oxygen atoms in total. The smallest absolute Gasteiger partial charge is 0.0701 e. The van der Waals surface area contributed by atoms with Crippen molar-refractivity contribution >= 4 is 0 Å². The predicted molar refractivity (Wildman–Crippen MR) is 97.2 cm³/mol. The monoisotopic (exact) mass is 332 g/mol. The van der Waals surface area contributed by atoms with Crippen LogP contribution >= 0.6 is 0 Å². The molecule has 0 aromatic heterocycles. The highest BCUT2D eigenvalue weighted by Crippen LogP contribution is 1.98. The van der Waals surface area contributed by atoms with E-state index in [-0.39, 0.29) is 11.1 Å². The fraction of sp³-hybridized carbons (Fsp3) is 1.00. The Morgan fingerprint density at radius 3 is 1.13 bits per heavy atom. The molecule has 0 aliphatic rings. The van der Waals surface area contributed by atoms with Gasteiger partial charge in [-0.05, 0) is 67.5 Å². The molecule has 0 atom stereocenters. The van der Waals surface area contributed by atoms with Gasteiger partial charge in [0.1, 0.15) is 0 Å². The summed E-state index contributed by atoms with van der Waals surface area (Å²) in [5.41, 5.74) is 0.373. The van der Waals surface area contributed by atoms with Crippen LogP contribution in [0.2, 0.25) is 0 Å². The second-order valence-electron chi connectivity index (χ2n) is 7.90. The minimum Gasteiger partial charge on any atom is -0.379 e. The topological polar surface area (TPSA) is 51.8 Å². The van der Waals surface area contributed by atoms with Gasteiger partial charge in [0, 0.05) is 24.3 Å². The van der Waals surface area contributed by atoms with Gasteiger partial charge in [0.05, 0.1) is 26.4 Å². The molecule has 0 fully saturated rings. The van der Waals surface area contributed by atoms with Gasteiger partial charge >= 0.3 is 0 Å². The third-order valence-electron chi connectivity index (χ3n) is 2.99. The maximum atomic E-state index is 5.53. The summed E-state index contributed by atoms with van der Waals surface area (Å²) in [6.45, 7) is 19.2. The van der Waals surface area contributed by atoms with Crippen LogP contribution in [0.4, 0.5) is 0 Å². The Bertz CT molecular complexity index is 234. The Kier molecular flexibility index (Phi) is 13.0. The molecule has 0 aromatic carbocycles. The third kappa shape index (κ3) is 21.8. The molecular formula is C18H40N2O3. The lowest BCUT2D eigenvalue weighted by Gasteiger charge is -2.20. The van der Waals surface area contributed by atoms with E-state index in [0.717, 1.165) is 39.1 Å². The average molecular weight is 333 g/mol. The molecule has 0 unspecified atom stereocenters. The highest BCUT2D eigenvalue weighted by Gasteiger charge is 2.07. The fourth-order valence-electron chi connectivity index (χ4n) is 1.82. The lowest BCUT2D eigenvalue weighted by molar-refractivity contribution is 0.0136. The number of hydrogen-bond acceptors (Lipinski definition) is 5. The standard InChI is InChI=1S/C18H40N2O3/c1-17(2,3)19-9-7-11-21-13-15-23-16-14-22-12-8-10-20-18(4,5)6/h19-20H,7-16H2,1-6H3. The normalized spacial score (nSPS) is 12.8. The molecule has 0 aliphatic carbocycles. The van der Waals surface area contributed by atoms with Crippen molar-refractivity contribution in [2.24, 2.45) is 0 Å². The molecule has 0 heterocycles. The molecule has 140 valence electrons. The van der Waals surface area contributed by atoms with Gasteiger partial charge in [0.15, 0.2) is 0 Å². The minimum absolute atomic E-state index is 0.186. The first-order valence-corrected chi connectivity index (χ1v) is 8.94. The Morgan fingerprint density at radius 2 is 0.826 bits per heavy atom. The second-order valence-corrected chi connectivity index (χ2v) is 7.90. The van der Waals surface area contributed by atoms with E-state index >= 15 is 0 Å². The predicted octanol–water partition coefficient (Wildman–Crippen LogP) is 2.59. The number of rotatable bonds is 14. The van der Waals surface area contributed by atoms with Crippen molar-refractivity contribution in [3.8, 4) is 0 Å². The Morgan fingerprint density at radius 1 is 0.522 bits per heavy atom. The van der Waals surface area contributed by atoms with E-state index in [1.54, 1.807) is 0 Å². The molecule has 0 aromatic rings. The summed E-state index contributed by atoms with van der Waals surface area (Å²) >= 11 is 0. The van der Waals surface area contributed by atoms with E-state index < -0.39 is 0 Å². The van der Waals surface area contributed by atoms with Gasteiger partial charge in [0.2, 0.25) is 0 Å². The van der Waals surface area contributed by atoms with Gasteiger partial charge in [0.25, 0.3) is 0 Å². The van der Waals surface area contributed by atoms with Crippen LogP contribution in [0, 0.1) is 0 Å². The first-order chi connectivity index (χ1) is 10.7. The summed E-state index contributed by atoms with van der Waals surface area (Å²) in [6, 6.07) is 0. The molecule has 5 heteroatoms. The first kappa shape index (κ1) is 22.8. The van der Waals surface area contributed by atoms with Crippen LogP contribution in [-0.4, -0.2) is 63.8 Å². The van der Waals surface area contributed by atoms with Crippen LogP contribution in [0.3, 0.4) is 0 Å². The summed E-state index contributed by atoms with van der Waals surface area (Å²) in [4.78, 5) is 0. The van der Waals surface area contributed by atoms with Gasteiger partial charge < -0.3 is 24.8 Å². The number of hydrogen-bond donors (Lipinski definition) is 2. The second kappa shape index (κ2) is 13.1. The third-order valence-corrected chi connectivity index (χ3v) is 2.99. The zero-order valence-corrected chi connectivity index (χ0v) is 16.3. The van der Waals surface area contributed by atoms with Gasteiger partial charge in [-0.2, -0.15) is 0 Å². The SMILES string of the molecule is CC(C)(C)NCCCOCCOCCOCCCNC(C)(C)C. The largest absolute Gasteiger partial charge is 0.379 e. The van der Waals surface area contributed by atoms with Crippen LogP contribution in [-0.2, 0) is 14.2 Å². The molecule has 0 rings (SSSR count). The van der Waals surface area contributed by atoms with Crippen LogP contribution in [0.5, 0.6) is 0 Å². The van der Waals surface area contributed by atoms with Crippen LogP contribution in [0.1, 0.15) is 54.4 Å². The van der Waals surface area contributed by atoms with Crippen molar-refractivity contribution in [3.63, 3.8) is 0 Å². The molecular weight excluding hydrogens is 292 g/mol.